The van der Waals surface area contributed by atoms with Gasteiger partial charge < -0.3 is 14.5 Å². The van der Waals surface area contributed by atoms with Gasteiger partial charge in [0.15, 0.2) is 0 Å². The Labute approximate surface area is 180 Å². The van der Waals surface area contributed by atoms with Crippen LogP contribution in [0.1, 0.15) is 5.69 Å². The zero-order valence-electron chi connectivity index (χ0n) is 14.8. The lowest BCUT2D eigenvalue weighted by Gasteiger charge is -2.36. The minimum Gasteiger partial charge on any atom is -0.495 e. The Morgan fingerprint density at radius 1 is 1.30 bits per heavy atom. The smallest absolute Gasteiger partial charge is 0.244 e. The Kier molecular flexibility index (Phi) is 6.37. The van der Waals surface area contributed by atoms with Crippen molar-refractivity contribution in [3.63, 3.8) is 0 Å². The summed E-state index contributed by atoms with van der Waals surface area (Å²) in [6, 6.07) is 2.84. The number of anilines is 1. The van der Waals surface area contributed by atoms with Crippen LogP contribution in [0.15, 0.2) is 12.1 Å². The van der Waals surface area contributed by atoms with Crippen LogP contribution < -0.4 is 9.64 Å². The summed E-state index contributed by atoms with van der Waals surface area (Å²) in [6.45, 7) is 3.99. The van der Waals surface area contributed by atoms with Crippen molar-refractivity contribution in [2.75, 3.05) is 38.2 Å². The highest BCUT2D eigenvalue weighted by molar-refractivity contribution is 14.1. The molecule has 0 spiro atoms. The Bertz CT molecular complexity index is 869. The van der Waals surface area contributed by atoms with Gasteiger partial charge in [-0.2, -0.15) is 5.10 Å². The molecule has 6 nitrogen and oxygen atoms in total. The predicted molar refractivity (Wildman–Crippen MR) is 111 cm³/mol. The molecule has 2 aromatic rings. The van der Waals surface area contributed by atoms with Crippen LogP contribution in [0.4, 0.5) is 10.1 Å². The van der Waals surface area contributed by atoms with E-state index in [1.807, 2.05) is 34.4 Å². The normalized spacial score (nSPS) is 14.6. The summed E-state index contributed by atoms with van der Waals surface area (Å²) in [7, 11) is 1.49. The maximum Gasteiger partial charge on any atom is 0.244 e. The van der Waals surface area contributed by atoms with E-state index < -0.39 is 5.82 Å². The fourth-order valence-corrected chi connectivity index (χ4v) is 4.00. The summed E-state index contributed by atoms with van der Waals surface area (Å²) in [5.41, 5.74) is 1.19. The van der Waals surface area contributed by atoms with Gasteiger partial charge in [0.2, 0.25) is 5.91 Å². The van der Waals surface area contributed by atoms with Crippen molar-refractivity contribution in [3.8, 4) is 5.75 Å². The lowest BCUT2D eigenvalue weighted by Crippen LogP contribution is -2.50. The molecular formula is C17H18Cl2FIN4O2. The number of aromatic nitrogens is 2. The van der Waals surface area contributed by atoms with Gasteiger partial charge in [-0.15, -0.1) is 0 Å². The van der Waals surface area contributed by atoms with E-state index in [0.717, 1.165) is 5.69 Å². The topological polar surface area (TPSA) is 50.6 Å². The molecule has 1 aliphatic rings. The highest BCUT2D eigenvalue weighted by Gasteiger charge is 2.25. The zero-order chi connectivity index (χ0) is 19.7. The van der Waals surface area contributed by atoms with Crippen molar-refractivity contribution in [1.29, 1.82) is 0 Å². The molecule has 0 aliphatic carbocycles. The van der Waals surface area contributed by atoms with Crippen LogP contribution in [0.3, 0.4) is 0 Å². The van der Waals surface area contributed by atoms with Gasteiger partial charge in [0.1, 0.15) is 21.8 Å². The third-order valence-corrected chi connectivity index (χ3v) is 6.40. The number of nitrogens with zero attached hydrogens (tertiary/aromatic N) is 4. The number of rotatable bonds is 4. The first-order chi connectivity index (χ1) is 12.8. The molecule has 0 saturated carbocycles. The molecule has 27 heavy (non-hydrogen) atoms. The van der Waals surface area contributed by atoms with E-state index >= 15 is 0 Å². The molecule has 0 bridgehead atoms. The molecular weight excluding hydrogens is 509 g/mol. The number of piperazine rings is 1. The summed E-state index contributed by atoms with van der Waals surface area (Å²) >= 11 is 14.1. The number of hydrogen-bond donors (Lipinski definition) is 0. The fraction of sp³-hybridized carbons (Fsp3) is 0.412. The first-order valence-corrected chi connectivity index (χ1v) is 10.1. The lowest BCUT2D eigenvalue weighted by atomic mass is 10.2. The SMILES string of the molecule is COc1cc(N2CCN(C(=O)Cn3nc(I)c(Cl)c3C)CC2)c(F)cc1Cl. The Hall–Kier alpha value is -1.26. The lowest BCUT2D eigenvalue weighted by molar-refractivity contribution is -0.132. The van der Waals surface area contributed by atoms with Crippen molar-refractivity contribution in [3.05, 3.63) is 37.4 Å². The minimum atomic E-state index is -0.406. The van der Waals surface area contributed by atoms with Crippen LogP contribution in [0.5, 0.6) is 5.75 Å². The summed E-state index contributed by atoms with van der Waals surface area (Å²) in [5.74, 6) is -0.0216. The molecule has 0 N–H and O–H groups in total. The number of benzene rings is 1. The van der Waals surface area contributed by atoms with Gasteiger partial charge in [0, 0.05) is 32.2 Å². The second-order valence-electron chi connectivity index (χ2n) is 6.15. The van der Waals surface area contributed by atoms with E-state index in [0.29, 0.717) is 46.3 Å². The second kappa shape index (κ2) is 8.40. The Morgan fingerprint density at radius 2 is 1.96 bits per heavy atom. The molecule has 0 atom stereocenters. The summed E-state index contributed by atoms with van der Waals surface area (Å²) < 4.78 is 21.8. The van der Waals surface area contributed by atoms with Crippen molar-refractivity contribution in [2.45, 2.75) is 13.5 Å². The quantitative estimate of drug-likeness (QED) is 0.571. The van der Waals surface area contributed by atoms with E-state index in [-0.39, 0.29) is 17.5 Å². The number of carbonyl (C=O) groups is 1. The van der Waals surface area contributed by atoms with Gasteiger partial charge in [-0.3, -0.25) is 9.48 Å². The van der Waals surface area contributed by atoms with E-state index in [9.17, 15) is 9.18 Å². The highest BCUT2D eigenvalue weighted by Crippen LogP contribution is 2.32. The molecule has 3 rings (SSSR count). The second-order valence-corrected chi connectivity index (χ2v) is 7.96. The van der Waals surface area contributed by atoms with E-state index in [1.54, 1.807) is 15.6 Å². The maximum atomic E-state index is 14.3. The average Bonchev–Trinajstić information content (AvgIpc) is 2.89. The molecule has 1 fully saturated rings. The molecule has 0 radical (unpaired) electrons. The molecule has 10 heteroatoms. The fourth-order valence-electron chi connectivity index (χ4n) is 2.98. The van der Waals surface area contributed by atoms with E-state index in [2.05, 4.69) is 5.10 Å². The molecule has 146 valence electrons. The van der Waals surface area contributed by atoms with Gasteiger partial charge in [0.25, 0.3) is 0 Å². The van der Waals surface area contributed by atoms with Crippen LogP contribution >= 0.6 is 45.8 Å². The molecule has 2 heterocycles. The third-order valence-electron chi connectivity index (χ3n) is 4.57. The molecule has 1 aromatic carbocycles. The van der Waals surface area contributed by atoms with Crippen LogP contribution in [-0.2, 0) is 11.3 Å². The minimum absolute atomic E-state index is 0.0394. The number of amides is 1. The largest absolute Gasteiger partial charge is 0.495 e. The monoisotopic (exact) mass is 526 g/mol. The number of carbonyl (C=O) groups excluding carboxylic acids is 1. The number of ether oxygens (including phenoxy) is 1. The van der Waals surface area contributed by atoms with Crippen molar-refractivity contribution in [1.82, 2.24) is 14.7 Å². The first kappa shape index (κ1) is 20.5. The Balaban J connectivity index is 1.65. The van der Waals surface area contributed by atoms with Gasteiger partial charge in [-0.1, -0.05) is 23.2 Å². The molecule has 1 amide bonds. The van der Waals surface area contributed by atoms with E-state index in [1.165, 1.54) is 13.2 Å². The highest BCUT2D eigenvalue weighted by atomic mass is 127. The maximum absolute atomic E-state index is 14.3. The van der Waals surface area contributed by atoms with Crippen molar-refractivity contribution in [2.24, 2.45) is 0 Å². The van der Waals surface area contributed by atoms with Crippen LogP contribution in [0, 0.1) is 16.4 Å². The van der Waals surface area contributed by atoms with Crippen molar-refractivity contribution >= 4 is 57.4 Å². The zero-order valence-corrected chi connectivity index (χ0v) is 18.5. The molecule has 1 saturated heterocycles. The molecule has 0 unspecified atom stereocenters. The number of methoxy groups -OCH3 is 1. The van der Waals surface area contributed by atoms with Gasteiger partial charge in [-0.05, 0) is 35.6 Å². The number of halogens is 4. The number of hydrogen-bond acceptors (Lipinski definition) is 4. The average molecular weight is 527 g/mol. The van der Waals surface area contributed by atoms with Gasteiger partial charge in [0.05, 0.1) is 28.5 Å². The summed E-state index contributed by atoms with van der Waals surface area (Å²) in [5, 5.41) is 5.09. The Morgan fingerprint density at radius 3 is 2.52 bits per heavy atom. The molecule has 1 aliphatic heterocycles. The van der Waals surface area contributed by atoms with Gasteiger partial charge >= 0.3 is 0 Å². The third kappa shape index (κ3) is 4.27. The molecule has 1 aromatic heterocycles. The van der Waals surface area contributed by atoms with Crippen LogP contribution in [-0.4, -0.2) is 53.9 Å². The van der Waals surface area contributed by atoms with Crippen molar-refractivity contribution < 1.29 is 13.9 Å². The first-order valence-electron chi connectivity index (χ1n) is 8.26. The van der Waals surface area contributed by atoms with Gasteiger partial charge in [-0.25, -0.2) is 4.39 Å². The van der Waals surface area contributed by atoms with Crippen LogP contribution in [0.2, 0.25) is 10.0 Å². The van der Waals surface area contributed by atoms with E-state index in [4.69, 9.17) is 27.9 Å². The predicted octanol–water partition coefficient (Wildman–Crippen LogP) is 3.60. The van der Waals surface area contributed by atoms with Crippen LogP contribution in [0.25, 0.3) is 0 Å². The summed E-state index contributed by atoms with van der Waals surface area (Å²) in [6.07, 6.45) is 0. The summed E-state index contributed by atoms with van der Waals surface area (Å²) in [4.78, 5) is 16.2. The standard InChI is InChI=1S/C17H18Cl2FIN4O2/c1-10-16(19)17(21)22-25(10)9-15(26)24-5-3-23(4-6-24)13-8-14(27-2)11(18)7-12(13)20/h7-8H,3-6,9H2,1-2H3.